The quantitative estimate of drug-likeness (QED) is 0.0575. The summed E-state index contributed by atoms with van der Waals surface area (Å²) in [6, 6.07) is 5.70. The van der Waals surface area contributed by atoms with Gasteiger partial charge in [0.1, 0.15) is 25.0 Å². The number of anilines is 1. The summed E-state index contributed by atoms with van der Waals surface area (Å²) in [5.74, 6) is -2.32. The summed E-state index contributed by atoms with van der Waals surface area (Å²) < 4.78 is 21.3. The van der Waals surface area contributed by atoms with Crippen molar-refractivity contribution in [3.05, 3.63) is 29.8 Å². The number of benzene rings is 1. The van der Waals surface area contributed by atoms with Crippen LogP contribution in [0.25, 0.3) is 0 Å². The lowest BCUT2D eigenvalue weighted by molar-refractivity contribution is -0.137. The SMILES string of the molecule is NC(=O)C(CCCCNC(=O)c1ccc(N)cc1)NC(=O)COCCOCCCC(=O)COCCOCCCC(=O)CCCC(=O)O. The summed E-state index contributed by atoms with van der Waals surface area (Å²) in [5, 5.41) is 13.9. The largest absolute Gasteiger partial charge is 0.481 e. The topological polar surface area (TPSA) is 236 Å². The molecule has 1 atom stereocenters. The summed E-state index contributed by atoms with van der Waals surface area (Å²) >= 11 is 0. The Hall–Kier alpha value is -3.92. The van der Waals surface area contributed by atoms with Crippen molar-refractivity contribution in [2.75, 3.05) is 65.1 Å². The van der Waals surface area contributed by atoms with E-state index in [1.165, 1.54) is 0 Å². The first-order valence-electron chi connectivity index (χ1n) is 15.9. The van der Waals surface area contributed by atoms with Crippen LogP contribution in [0.15, 0.2) is 24.3 Å². The maximum absolute atomic E-state index is 12.1. The predicted octanol–water partition coefficient (Wildman–Crippen LogP) is 1.16. The van der Waals surface area contributed by atoms with Gasteiger partial charge in [0.2, 0.25) is 11.8 Å². The monoisotopic (exact) mass is 666 g/mol. The Balaban J connectivity index is 1.96. The zero-order valence-electron chi connectivity index (χ0n) is 27.0. The second-order valence-electron chi connectivity index (χ2n) is 10.8. The highest BCUT2D eigenvalue weighted by Crippen LogP contribution is 2.06. The van der Waals surface area contributed by atoms with Crippen LogP contribution in [-0.2, 0) is 42.9 Å². The Labute approximate surface area is 275 Å². The van der Waals surface area contributed by atoms with E-state index in [0.29, 0.717) is 82.6 Å². The van der Waals surface area contributed by atoms with Crippen LogP contribution in [0.3, 0.4) is 0 Å². The fourth-order valence-corrected chi connectivity index (χ4v) is 4.10. The fraction of sp³-hybridized carbons (Fsp3) is 0.625. The van der Waals surface area contributed by atoms with Gasteiger partial charge in [-0.25, -0.2) is 0 Å². The molecule has 47 heavy (non-hydrogen) atoms. The number of carbonyl (C=O) groups is 6. The number of hydrogen-bond donors (Lipinski definition) is 5. The second kappa shape index (κ2) is 26.2. The molecule has 0 aliphatic heterocycles. The molecule has 0 fully saturated rings. The van der Waals surface area contributed by atoms with Crippen molar-refractivity contribution in [1.82, 2.24) is 10.6 Å². The summed E-state index contributed by atoms with van der Waals surface area (Å²) in [6.45, 7) is 1.76. The van der Waals surface area contributed by atoms with Crippen LogP contribution in [0.1, 0.15) is 74.6 Å². The molecule has 1 unspecified atom stereocenters. The zero-order chi connectivity index (χ0) is 34.7. The number of amides is 3. The van der Waals surface area contributed by atoms with E-state index in [4.69, 9.17) is 35.5 Å². The first kappa shape index (κ1) is 41.1. The Morgan fingerprint density at radius 2 is 1.26 bits per heavy atom. The standard InChI is InChI=1S/C32H50N4O11/c33-25-13-11-24(12-14-25)32(43)35-15-2-1-9-28(31(34)42)36-29(39)23-47-21-19-45-17-5-8-27(38)22-46-20-18-44-16-4-7-26(37)6-3-10-30(40)41/h11-14,28H,1-10,15-23,33H2,(H2,34,42)(H,35,43)(H,36,39)(H,40,41). The first-order valence-corrected chi connectivity index (χ1v) is 15.9. The van der Waals surface area contributed by atoms with Gasteiger partial charge in [0.25, 0.3) is 5.91 Å². The molecule has 0 saturated heterocycles. The minimum atomic E-state index is -0.908. The lowest BCUT2D eigenvalue weighted by Gasteiger charge is -2.15. The molecule has 3 amide bonds. The summed E-state index contributed by atoms with van der Waals surface area (Å²) in [5.41, 5.74) is 12.1. The third-order valence-electron chi connectivity index (χ3n) is 6.63. The van der Waals surface area contributed by atoms with Gasteiger partial charge in [0.05, 0.1) is 26.4 Å². The van der Waals surface area contributed by atoms with Gasteiger partial charge in [0.15, 0.2) is 5.78 Å². The molecule has 0 aromatic heterocycles. The van der Waals surface area contributed by atoms with Crippen molar-refractivity contribution >= 4 is 40.9 Å². The lowest BCUT2D eigenvalue weighted by Crippen LogP contribution is -2.45. The van der Waals surface area contributed by atoms with Crippen molar-refractivity contribution in [2.24, 2.45) is 5.73 Å². The lowest BCUT2D eigenvalue weighted by atomic mass is 10.1. The number of carboxylic acid groups (broad SMARTS) is 1. The molecule has 7 N–H and O–H groups in total. The average Bonchev–Trinajstić information content (AvgIpc) is 3.02. The van der Waals surface area contributed by atoms with E-state index >= 15 is 0 Å². The molecular formula is C32H50N4O11. The van der Waals surface area contributed by atoms with Crippen molar-refractivity contribution in [3.63, 3.8) is 0 Å². The maximum atomic E-state index is 12.1. The molecule has 1 rings (SSSR count). The fourth-order valence-electron chi connectivity index (χ4n) is 4.10. The number of unbranched alkanes of at least 4 members (excludes halogenated alkanes) is 1. The summed E-state index contributed by atoms with van der Waals surface area (Å²) in [4.78, 5) is 69.9. The normalized spacial score (nSPS) is 11.5. The van der Waals surface area contributed by atoms with Crippen molar-refractivity contribution in [1.29, 1.82) is 0 Å². The van der Waals surface area contributed by atoms with Gasteiger partial charge in [0, 0.05) is 56.7 Å². The number of primary amides is 1. The third-order valence-corrected chi connectivity index (χ3v) is 6.63. The minimum absolute atomic E-state index is 0.00774. The van der Waals surface area contributed by atoms with Gasteiger partial charge in [-0.3, -0.25) is 28.8 Å². The Morgan fingerprint density at radius 1 is 0.681 bits per heavy atom. The third kappa shape index (κ3) is 23.1. The Bertz CT molecular complexity index is 1100. The van der Waals surface area contributed by atoms with Crippen LogP contribution in [-0.4, -0.2) is 106 Å². The number of hydrogen-bond acceptors (Lipinski definition) is 11. The van der Waals surface area contributed by atoms with Crippen LogP contribution < -0.4 is 22.1 Å². The molecule has 0 bridgehead atoms. The smallest absolute Gasteiger partial charge is 0.303 e. The molecule has 0 spiro atoms. The van der Waals surface area contributed by atoms with E-state index in [1.54, 1.807) is 24.3 Å². The number of carbonyl (C=O) groups excluding carboxylic acids is 5. The number of nitrogens with two attached hydrogens (primary N) is 2. The van der Waals surface area contributed by atoms with Gasteiger partial charge < -0.3 is 46.2 Å². The molecule has 15 heteroatoms. The van der Waals surface area contributed by atoms with Gasteiger partial charge in [-0.05, 0) is 62.8 Å². The molecule has 0 heterocycles. The van der Waals surface area contributed by atoms with Gasteiger partial charge in [-0.1, -0.05) is 0 Å². The highest BCUT2D eigenvalue weighted by atomic mass is 16.5. The van der Waals surface area contributed by atoms with Crippen molar-refractivity contribution in [3.8, 4) is 0 Å². The van der Waals surface area contributed by atoms with Crippen LogP contribution in [0.5, 0.6) is 0 Å². The van der Waals surface area contributed by atoms with E-state index in [1.807, 2.05) is 0 Å². The number of carboxylic acids is 1. The Kier molecular flexibility index (Phi) is 22.9. The van der Waals surface area contributed by atoms with Crippen molar-refractivity contribution in [2.45, 2.75) is 70.3 Å². The number of aliphatic carboxylic acids is 1. The summed E-state index contributed by atoms with van der Waals surface area (Å²) in [6.07, 6.45) is 3.76. The van der Waals surface area contributed by atoms with E-state index in [-0.39, 0.29) is 69.8 Å². The predicted molar refractivity (Wildman–Crippen MR) is 171 cm³/mol. The van der Waals surface area contributed by atoms with Crippen LogP contribution in [0.4, 0.5) is 5.69 Å². The first-order chi connectivity index (χ1) is 22.6. The van der Waals surface area contributed by atoms with E-state index in [2.05, 4.69) is 10.6 Å². The number of nitrogen functional groups attached to an aromatic ring is 1. The molecule has 0 aliphatic rings. The van der Waals surface area contributed by atoms with Gasteiger partial charge in [-0.15, -0.1) is 0 Å². The number of ketones is 2. The highest BCUT2D eigenvalue weighted by Gasteiger charge is 2.17. The molecule has 0 radical (unpaired) electrons. The van der Waals surface area contributed by atoms with E-state index < -0.39 is 23.8 Å². The minimum Gasteiger partial charge on any atom is -0.481 e. The molecular weight excluding hydrogens is 616 g/mol. The van der Waals surface area contributed by atoms with E-state index in [0.717, 1.165) is 0 Å². The number of ether oxygens (including phenoxy) is 4. The molecule has 264 valence electrons. The molecule has 1 aromatic carbocycles. The molecule has 1 aromatic rings. The highest BCUT2D eigenvalue weighted by molar-refractivity contribution is 5.94. The van der Waals surface area contributed by atoms with Crippen molar-refractivity contribution < 1.29 is 52.8 Å². The van der Waals surface area contributed by atoms with Gasteiger partial charge >= 0.3 is 5.97 Å². The average molecular weight is 667 g/mol. The molecule has 0 saturated carbocycles. The van der Waals surface area contributed by atoms with Crippen LogP contribution in [0, 0.1) is 0 Å². The second-order valence-corrected chi connectivity index (χ2v) is 10.8. The van der Waals surface area contributed by atoms with Crippen LogP contribution in [0.2, 0.25) is 0 Å². The van der Waals surface area contributed by atoms with Crippen LogP contribution >= 0.6 is 0 Å². The molecule has 0 aliphatic carbocycles. The number of nitrogens with one attached hydrogen (secondary N) is 2. The zero-order valence-corrected chi connectivity index (χ0v) is 27.0. The molecule has 15 nitrogen and oxygen atoms in total. The number of rotatable bonds is 30. The summed E-state index contributed by atoms with van der Waals surface area (Å²) in [7, 11) is 0. The van der Waals surface area contributed by atoms with Gasteiger partial charge in [-0.2, -0.15) is 0 Å². The van der Waals surface area contributed by atoms with E-state index in [9.17, 15) is 28.8 Å². The Morgan fingerprint density at radius 3 is 1.87 bits per heavy atom. The number of Topliss-reactive ketones (excluding diaryl/α,β-unsaturated/α-hetero) is 2. The maximum Gasteiger partial charge on any atom is 0.303 e.